The number of morpholine rings is 1. The number of thiocarbonyl (C=S) groups is 1. The first kappa shape index (κ1) is 18.7. The van der Waals surface area contributed by atoms with E-state index in [0.29, 0.717) is 42.7 Å². The predicted molar refractivity (Wildman–Crippen MR) is 110 cm³/mol. The zero-order valence-corrected chi connectivity index (χ0v) is 15.3. The average Bonchev–Trinajstić information content (AvgIpc) is 2.69. The Kier molecular flexibility index (Phi) is 6.29. The van der Waals surface area contributed by atoms with Crippen molar-refractivity contribution in [1.29, 1.82) is 0 Å². The lowest BCUT2D eigenvalue weighted by Crippen LogP contribution is -2.36. The Morgan fingerprint density at radius 1 is 1.22 bits per heavy atom. The minimum Gasteiger partial charge on any atom is -0.378 e. The predicted octanol–water partition coefficient (Wildman–Crippen LogP) is 2.75. The van der Waals surface area contributed by atoms with E-state index in [9.17, 15) is 10.1 Å². The maximum Gasteiger partial charge on any atom is 0.293 e. The third-order valence-corrected chi connectivity index (χ3v) is 4.15. The summed E-state index contributed by atoms with van der Waals surface area (Å²) in [6.07, 6.45) is 1.50. The van der Waals surface area contributed by atoms with Crippen LogP contribution in [0.3, 0.4) is 0 Å². The first-order chi connectivity index (χ1) is 13.1. The van der Waals surface area contributed by atoms with Crippen LogP contribution in [0.15, 0.2) is 53.6 Å². The Morgan fingerprint density at radius 3 is 2.67 bits per heavy atom. The fraction of sp³-hybridized carbons (Fsp3) is 0.222. The largest absolute Gasteiger partial charge is 0.378 e. The Morgan fingerprint density at radius 2 is 1.96 bits per heavy atom. The lowest BCUT2D eigenvalue weighted by Gasteiger charge is -2.28. The molecule has 1 aliphatic rings. The van der Waals surface area contributed by atoms with Gasteiger partial charge in [0.2, 0.25) is 0 Å². The standard InChI is InChI=1S/C18H19N5O3S/c24-23(25)17-12-14(6-7-16(17)22-8-10-26-11-9-22)13-19-21-18(27)20-15-4-2-1-3-5-15/h1-7,12-13H,8-11H2,(H2,20,21,27)/b19-13+. The molecule has 9 heteroatoms. The zero-order valence-electron chi connectivity index (χ0n) is 14.5. The minimum atomic E-state index is -0.378. The van der Waals surface area contributed by atoms with E-state index in [2.05, 4.69) is 15.8 Å². The zero-order chi connectivity index (χ0) is 19.1. The molecule has 1 fully saturated rings. The quantitative estimate of drug-likeness (QED) is 0.354. The summed E-state index contributed by atoms with van der Waals surface area (Å²) in [5, 5.41) is 18.8. The number of nitro benzene ring substituents is 1. The maximum absolute atomic E-state index is 11.5. The Bertz CT molecular complexity index is 838. The van der Waals surface area contributed by atoms with Gasteiger partial charge in [-0.1, -0.05) is 24.3 Å². The number of nitrogens with one attached hydrogen (secondary N) is 2. The summed E-state index contributed by atoms with van der Waals surface area (Å²) < 4.78 is 5.30. The van der Waals surface area contributed by atoms with E-state index in [1.165, 1.54) is 12.3 Å². The summed E-state index contributed by atoms with van der Waals surface area (Å²) in [7, 11) is 0. The van der Waals surface area contributed by atoms with Crippen LogP contribution in [0.25, 0.3) is 0 Å². The third kappa shape index (κ3) is 5.22. The topological polar surface area (TPSA) is 92.0 Å². The molecule has 3 rings (SSSR count). The van der Waals surface area contributed by atoms with Crippen molar-refractivity contribution in [2.24, 2.45) is 5.10 Å². The third-order valence-electron chi connectivity index (χ3n) is 3.96. The maximum atomic E-state index is 11.5. The van der Waals surface area contributed by atoms with Crippen molar-refractivity contribution in [1.82, 2.24) is 5.43 Å². The number of nitro groups is 1. The average molecular weight is 385 g/mol. The van der Waals surface area contributed by atoms with Gasteiger partial charge in [-0.3, -0.25) is 15.5 Å². The van der Waals surface area contributed by atoms with Crippen molar-refractivity contribution in [3.8, 4) is 0 Å². The van der Waals surface area contributed by atoms with Gasteiger partial charge in [0.1, 0.15) is 5.69 Å². The number of anilines is 2. The first-order valence-electron chi connectivity index (χ1n) is 8.40. The van der Waals surface area contributed by atoms with Crippen LogP contribution < -0.4 is 15.6 Å². The van der Waals surface area contributed by atoms with E-state index < -0.39 is 0 Å². The van der Waals surface area contributed by atoms with Crippen LogP contribution in [0.2, 0.25) is 0 Å². The van der Waals surface area contributed by atoms with E-state index >= 15 is 0 Å². The molecule has 0 amide bonds. The molecule has 27 heavy (non-hydrogen) atoms. The van der Waals surface area contributed by atoms with E-state index in [1.807, 2.05) is 35.2 Å². The molecule has 2 aromatic carbocycles. The van der Waals surface area contributed by atoms with Crippen molar-refractivity contribution >= 4 is 40.6 Å². The molecular formula is C18H19N5O3S. The normalized spacial score (nSPS) is 14.1. The van der Waals surface area contributed by atoms with Crippen molar-refractivity contribution in [3.05, 3.63) is 64.2 Å². The summed E-state index contributed by atoms with van der Waals surface area (Å²) in [5.74, 6) is 0. The smallest absolute Gasteiger partial charge is 0.293 e. The number of rotatable bonds is 5. The van der Waals surface area contributed by atoms with Crippen LogP contribution in [0.1, 0.15) is 5.56 Å². The Hall–Kier alpha value is -3.04. The molecule has 1 heterocycles. The molecule has 0 radical (unpaired) electrons. The number of benzene rings is 2. The molecule has 0 unspecified atom stereocenters. The van der Waals surface area contributed by atoms with Gasteiger partial charge >= 0.3 is 0 Å². The van der Waals surface area contributed by atoms with Gasteiger partial charge in [0.15, 0.2) is 5.11 Å². The van der Waals surface area contributed by atoms with Crippen LogP contribution in [0.4, 0.5) is 17.1 Å². The highest BCUT2D eigenvalue weighted by Gasteiger charge is 2.21. The molecule has 0 aliphatic carbocycles. The van der Waals surface area contributed by atoms with Crippen molar-refractivity contribution in [2.75, 3.05) is 36.5 Å². The van der Waals surface area contributed by atoms with Gasteiger partial charge < -0.3 is 15.0 Å². The van der Waals surface area contributed by atoms with Crippen molar-refractivity contribution in [3.63, 3.8) is 0 Å². The second-order valence-corrected chi connectivity index (χ2v) is 6.20. The van der Waals surface area contributed by atoms with E-state index in [-0.39, 0.29) is 10.6 Å². The first-order valence-corrected chi connectivity index (χ1v) is 8.80. The monoisotopic (exact) mass is 385 g/mol. The molecule has 0 aromatic heterocycles. The fourth-order valence-electron chi connectivity index (χ4n) is 2.68. The van der Waals surface area contributed by atoms with E-state index in [4.69, 9.17) is 17.0 Å². The number of hydrazone groups is 1. The molecule has 8 nitrogen and oxygen atoms in total. The molecule has 0 atom stereocenters. The number of hydrogen-bond donors (Lipinski definition) is 2. The van der Waals surface area contributed by atoms with Gasteiger partial charge in [0, 0.05) is 30.4 Å². The molecule has 1 saturated heterocycles. The molecule has 140 valence electrons. The second kappa shape index (κ2) is 9.06. The van der Waals surface area contributed by atoms with Crippen LogP contribution in [0, 0.1) is 10.1 Å². The van der Waals surface area contributed by atoms with Gasteiger partial charge in [-0.15, -0.1) is 0 Å². The molecule has 1 aliphatic heterocycles. The number of ether oxygens (including phenoxy) is 1. The van der Waals surface area contributed by atoms with Crippen LogP contribution >= 0.6 is 12.2 Å². The molecule has 2 N–H and O–H groups in total. The van der Waals surface area contributed by atoms with Crippen LogP contribution in [-0.2, 0) is 4.74 Å². The minimum absolute atomic E-state index is 0.0471. The molecular weight excluding hydrogens is 366 g/mol. The highest BCUT2D eigenvalue weighted by molar-refractivity contribution is 7.80. The summed E-state index contributed by atoms with van der Waals surface area (Å²) in [6, 6.07) is 14.5. The summed E-state index contributed by atoms with van der Waals surface area (Å²) in [5.41, 5.74) is 4.79. The molecule has 0 saturated carbocycles. The number of hydrogen-bond acceptors (Lipinski definition) is 6. The van der Waals surface area contributed by atoms with Gasteiger partial charge in [0.25, 0.3) is 5.69 Å². The summed E-state index contributed by atoms with van der Waals surface area (Å²) >= 11 is 5.16. The number of para-hydroxylation sites is 1. The highest BCUT2D eigenvalue weighted by Crippen LogP contribution is 2.29. The molecule has 0 bridgehead atoms. The van der Waals surface area contributed by atoms with Crippen LogP contribution in [-0.4, -0.2) is 42.6 Å². The lowest BCUT2D eigenvalue weighted by atomic mass is 10.1. The second-order valence-electron chi connectivity index (χ2n) is 5.79. The van der Waals surface area contributed by atoms with Crippen molar-refractivity contribution in [2.45, 2.75) is 0 Å². The van der Waals surface area contributed by atoms with Crippen LogP contribution in [0.5, 0.6) is 0 Å². The Labute approximate surface area is 162 Å². The number of nitrogens with zero attached hydrogens (tertiary/aromatic N) is 3. The van der Waals surface area contributed by atoms with Gasteiger partial charge in [-0.25, -0.2) is 0 Å². The van der Waals surface area contributed by atoms with E-state index in [0.717, 1.165) is 5.69 Å². The Balaban J connectivity index is 1.65. The van der Waals surface area contributed by atoms with Gasteiger partial charge in [0.05, 0.1) is 24.4 Å². The molecule has 2 aromatic rings. The van der Waals surface area contributed by atoms with Gasteiger partial charge in [-0.2, -0.15) is 5.10 Å². The fourth-order valence-corrected chi connectivity index (χ4v) is 2.86. The van der Waals surface area contributed by atoms with Gasteiger partial charge in [-0.05, 0) is 30.4 Å². The van der Waals surface area contributed by atoms with E-state index in [1.54, 1.807) is 12.1 Å². The highest BCUT2D eigenvalue weighted by atomic mass is 32.1. The lowest BCUT2D eigenvalue weighted by molar-refractivity contribution is -0.384. The summed E-state index contributed by atoms with van der Waals surface area (Å²) in [6.45, 7) is 2.40. The van der Waals surface area contributed by atoms with Crippen molar-refractivity contribution < 1.29 is 9.66 Å². The molecule has 0 spiro atoms. The SMILES string of the molecule is O=[N+]([O-])c1cc(/C=N/NC(=S)Nc2ccccc2)ccc1N1CCOCC1. The summed E-state index contributed by atoms with van der Waals surface area (Å²) in [4.78, 5) is 13.0.